The Kier molecular flexibility index (Phi) is 6.12. The third-order valence-corrected chi connectivity index (χ3v) is 7.38. The van der Waals surface area contributed by atoms with Crippen molar-refractivity contribution in [1.29, 1.82) is 5.26 Å². The van der Waals surface area contributed by atoms with Gasteiger partial charge in [-0.2, -0.15) is 10.4 Å². The molecule has 0 bridgehead atoms. The van der Waals surface area contributed by atoms with Crippen LogP contribution in [0.2, 0.25) is 0 Å². The lowest BCUT2D eigenvalue weighted by molar-refractivity contribution is 0.477. The summed E-state index contributed by atoms with van der Waals surface area (Å²) in [7, 11) is -3.83. The predicted octanol–water partition coefficient (Wildman–Crippen LogP) is 4.24. The third-order valence-electron chi connectivity index (χ3n) is 5.76. The van der Waals surface area contributed by atoms with E-state index in [1.54, 1.807) is 24.3 Å². The van der Waals surface area contributed by atoms with Crippen LogP contribution in [0, 0.1) is 23.1 Å². The number of nitriles is 1. The molecule has 0 spiro atoms. The molecule has 1 saturated carbocycles. The molecule has 9 nitrogen and oxygen atoms in total. The first-order chi connectivity index (χ1) is 17.4. The Morgan fingerprint density at radius 3 is 2.67 bits per heavy atom. The highest BCUT2D eigenvalue weighted by Gasteiger charge is 2.26. The van der Waals surface area contributed by atoms with Gasteiger partial charge in [-0.1, -0.05) is 24.3 Å². The average molecular weight is 505 g/mol. The van der Waals surface area contributed by atoms with Gasteiger partial charge in [0.15, 0.2) is 15.5 Å². The van der Waals surface area contributed by atoms with Gasteiger partial charge >= 0.3 is 0 Å². The molecule has 0 unspecified atom stereocenters. The molecule has 2 aromatic heterocycles. The van der Waals surface area contributed by atoms with E-state index >= 15 is 4.39 Å². The molecule has 0 amide bonds. The van der Waals surface area contributed by atoms with Gasteiger partial charge in [0.2, 0.25) is 0 Å². The number of halogens is 1. The highest BCUT2D eigenvalue weighted by molar-refractivity contribution is 7.95. The molecule has 0 saturated heterocycles. The molecular weight excluding hydrogens is 483 g/mol. The average Bonchev–Trinajstić information content (AvgIpc) is 3.61. The summed E-state index contributed by atoms with van der Waals surface area (Å²) in [4.78, 5) is 7.96. The summed E-state index contributed by atoms with van der Waals surface area (Å²) in [6, 6.07) is 15.1. The van der Waals surface area contributed by atoms with Crippen molar-refractivity contribution in [2.75, 3.05) is 11.5 Å². The second-order valence-corrected chi connectivity index (χ2v) is 10.5. The van der Waals surface area contributed by atoms with Crippen LogP contribution in [0.1, 0.15) is 12.8 Å². The van der Waals surface area contributed by atoms with Gasteiger partial charge in [0.05, 0.1) is 17.7 Å². The minimum Gasteiger partial charge on any atom is -0.457 e. The van der Waals surface area contributed by atoms with E-state index in [0.29, 0.717) is 16.9 Å². The van der Waals surface area contributed by atoms with E-state index in [2.05, 4.69) is 15.1 Å². The molecule has 4 aromatic rings. The fraction of sp³-hybridized carbons (Fsp3) is 0.200. The number of nitrogen functional groups attached to an aromatic ring is 1. The van der Waals surface area contributed by atoms with E-state index in [1.807, 2.05) is 18.2 Å². The standard InChI is InChI=1S/C25H21FN6O3S/c26-21-13-18(35-17-4-2-1-3-5-17)8-9-20(21)23-22-24(28)29-15-30-25(22)32(31-23)10-11-36(33,34)19(14-27)12-16-6-7-16/h1-5,8-9,12-13,15-16H,6-7,10-11H2,(H2,28,29,30)/b19-12-. The first-order valence-corrected chi connectivity index (χ1v) is 12.9. The van der Waals surface area contributed by atoms with Gasteiger partial charge < -0.3 is 10.5 Å². The molecular formula is C25H21FN6O3S. The van der Waals surface area contributed by atoms with Crippen LogP contribution in [0.4, 0.5) is 10.2 Å². The molecule has 36 heavy (non-hydrogen) atoms. The summed E-state index contributed by atoms with van der Waals surface area (Å²) in [6.07, 6.45) is 4.50. The number of ether oxygens (including phenoxy) is 1. The van der Waals surface area contributed by atoms with Crippen molar-refractivity contribution < 1.29 is 17.5 Å². The number of fused-ring (bicyclic) bond motifs is 1. The van der Waals surface area contributed by atoms with Crippen molar-refractivity contribution in [1.82, 2.24) is 19.7 Å². The molecule has 11 heteroatoms. The number of allylic oxidation sites excluding steroid dienone is 2. The van der Waals surface area contributed by atoms with Crippen LogP contribution >= 0.6 is 0 Å². The van der Waals surface area contributed by atoms with Gasteiger partial charge in [-0.3, -0.25) is 0 Å². The fourth-order valence-corrected chi connectivity index (χ4v) is 4.93. The monoisotopic (exact) mass is 504 g/mol. The van der Waals surface area contributed by atoms with Gasteiger partial charge in [0.1, 0.15) is 46.1 Å². The number of para-hydroxylation sites is 1. The Balaban J connectivity index is 1.48. The van der Waals surface area contributed by atoms with E-state index in [4.69, 9.17) is 10.5 Å². The Hall–Kier alpha value is -4.30. The normalized spacial score (nSPS) is 14.1. The van der Waals surface area contributed by atoms with Gasteiger partial charge in [-0.15, -0.1) is 0 Å². The van der Waals surface area contributed by atoms with Gasteiger partial charge in [0, 0.05) is 11.6 Å². The van der Waals surface area contributed by atoms with Crippen molar-refractivity contribution in [3.05, 3.63) is 71.7 Å². The number of benzene rings is 2. The van der Waals surface area contributed by atoms with Crippen molar-refractivity contribution in [3.63, 3.8) is 0 Å². The third kappa shape index (κ3) is 4.76. The molecule has 1 aliphatic carbocycles. The van der Waals surface area contributed by atoms with Crippen molar-refractivity contribution in [3.8, 4) is 28.8 Å². The lowest BCUT2D eigenvalue weighted by Crippen LogP contribution is -2.15. The molecule has 0 radical (unpaired) electrons. The number of hydrogen-bond acceptors (Lipinski definition) is 8. The quantitative estimate of drug-likeness (QED) is 0.352. The van der Waals surface area contributed by atoms with Crippen LogP contribution in [0.25, 0.3) is 22.3 Å². The maximum atomic E-state index is 15.2. The summed E-state index contributed by atoms with van der Waals surface area (Å²) in [5.74, 6) is 0.102. The topological polar surface area (TPSA) is 137 Å². The number of aromatic nitrogens is 4. The molecule has 2 aromatic carbocycles. The smallest absolute Gasteiger partial charge is 0.189 e. The zero-order valence-electron chi connectivity index (χ0n) is 19.0. The van der Waals surface area contributed by atoms with Crippen molar-refractivity contribution in [2.24, 2.45) is 5.92 Å². The van der Waals surface area contributed by atoms with Crippen molar-refractivity contribution >= 4 is 26.7 Å². The van der Waals surface area contributed by atoms with E-state index in [1.165, 1.54) is 29.2 Å². The number of hydrogen-bond donors (Lipinski definition) is 1. The lowest BCUT2D eigenvalue weighted by atomic mass is 10.1. The Morgan fingerprint density at radius 1 is 1.19 bits per heavy atom. The van der Waals surface area contributed by atoms with Crippen LogP contribution in [0.15, 0.2) is 65.8 Å². The molecule has 1 aliphatic rings. The minimum atomic E-state index is -3.83. The van der Waals surface area contributed by atoms with E-state index in [0.717, 1.165) is 12.8 Å². The lowest BCUT2D eigenvalue weighted by Gasteiger charge is -2.07. The summed E-state index contributed by atoms with van der Waals surface area (Å²) >= 11 is 0. The highest BCUT2D eigenvalue weighted by Crippen LogP contribution is 2.35. The number of rotatable bonds is 8. The molecule has 1 fully saturated rings. The van der Waals surface area contributed by atoms with Crippen LogP contribution in [-0.4, -0.2) is 33.9 Å². The zero-order chi connectivity index (χ0) is 25.3. The largest absolute Gasteiger partial charge is 0.457 e. The SMILES string of the molecule is N#C/C(=C/C1CC1)S(=O)(=O)CCn1nc(-c2ccc(Oc3ccccc3)cc2F)c2c(N)ncnc21. The molecule has 0 atom stereocenters. The van der Waals surface area contributed by atoms with E-state index < -0.39 is 15.7 Å². The Labute approximate surface area is 206 Å². The van der Waals surface area contributed by atoms with Crippen LogP contribution in [0.3, 0.4) is 0 Å². The predicted molar refractivity (Wildman–Crippen MR) is 132 cm³/mol. The zero-order valence-corrected chi connectivity index (χ0v) is 19.8. The summed E-state index contributed by atoms with van der Waals surface area (Å²) < 4.78 is 47.8. The number of nitrogens with two attached hydrogens (primary N) is 1. The number of nitrogens with zero attached hydrogens (tertiary/aromatic N) is 5. The summed E-state index contributed by atoms with van der Waals surface area (Å²) in [6.45, 7) is -0.101. The molecule has 5 rings (SSSR count). The maximum absolute atomic E-state index is 15.2. The molecule has 0 aliphatic heterocycles. The van der Waals surface area contributed by atoms with E-state index in [9.17, 15) is 13.7 Å². The number of sulfone groups is 1. The summed E-state index contributed by atoms with van der Waals surface area (Å²) in [5, 5.41) is 14.1. The van der Waals surface area contributed by atoms with Gasteiger partial charge in [-0.05, 0) is 43.0 Å². The number of aryl methyl sites for hydroxylation is 1. The summed E-state index contributed by atoms with van der Waals surface area (Å²) in [5.41, 5.74) is 6.66. The van der Waals surface area contributed by atoms with Gasteiger partial charge in [-0.25, -0.2) is 27.5 Å². The van der Waals surface area contributed by atoms with Crippen LogP contribution in [0.5, 0.6) is 11.5 Å². The molecule has 2 heterocycles. The maximum Gasteiger partial charge on any atom is 0.189 e. The first-order valence-electron chi connectivity index (χ1n) is 11.2. The second-order valence-electron chi connectivity index (χ2n) is 8.39. The fourth-order valence-electron chi connectivity index (χ4n) is 3.75. The minimum absolute atomic E-state index is 0.0828. The Morgan fingerprint density at radius 2 is 1.97 bits per heavy atom. The van der Waals surface area contributed by atoms with Crippen molar-refractivity contribution in [2.45, 2.75) is 19.4 Å². The number of anilines is 1. The van der Waals surface area contributed by atoms with E-state index in [-0.39, 0.29) is 45.8 Å². The highest BCUT2D eigenvalue weighted by atomic mass is 32.2. The Bertz CT molecular complexity index is 1620. The first kappa shape index (κ1) is 23.4. The van der Waals surface area contributed by atoms with Crippen LogP contribution < -0.4 is 10.5 Å². The van der Waals surface area contributed by atoms with Gasteiger partial charge in [0.25, 0.3) is 0 Å². The molecule has 182 valence electrons. The second kappa shape index (κ2) is 9.39. The molecule has 2 N–H and O–H groups in total. The van der Waals surface area contributed by atoms with Crippen LogP contribution in [-0.2, 0) is 16.4 Å².